The fraction of sp³-hybridized carbons (Fsp3) is 0.545. The number of amides is 2. The molecular weight excluding hydrogens is 350 g/mol. The molecule has 0 radical (unpaired) electrons. The zero-order valence-corrected chi connectivity index (χ0v) is 16.4. The first kappa shape index (κ1) is 17.7. The van der Waals surface area contributed by atoms with Gasteiger partial charge in [0.1, 0.15) is 0 Å². The van der Waals surface area contributed by atoms with Gasteiger partial charge in [0.05, 0.1) is 17.9 Å². The Balaban J connectivity index is 1.09. The Kier molecular flexibility index (Phi) is 4.81. The third-order valence-electron chi connectivity index (χ3n) is 6.52. The van der Waals surface area contributed by atoms with Crippen LogP contribution in [-0.4, -0.2) is 58.2 Å². The Morgan fingerprint density at radius 3 is 2.68 bits per heavy atom. The lowest BCUT2D eigenvalue weighted by atomic mass is 9.87. The van der Waals surface area contributed by atoms with Gasteiger partial charge < -0.3 is 10.2 Å². The van der Waals surface area contributed by atoms with E-state index in [0.29, 0.717) is 18.5 Å². The topological polar surface area (TPSA) is 64.3 Å². The molecule has 5 rings (SSSR count). The molecule has 2 N–H and O–H groups in total. The molecule has 148 valence electrons. The first-order valence-electron chi connectivity index (χ1n) is 10.6. The van der Waals surface area contributed by atoms with Gasteiger partial charge in [0, 0.05) is 38.1 Å². The van der Waals surface area contributed by atoms with Gasteiger partial charge in [0.25, 0.3) is 0 Å². The van der Waals surface area contributed by atoms with Gasteiger partial charge >= 0.3 is 6.03 Å². The van der Waals surface area contributed by atoms with Crippen LogP contribution in [0.4, 0.5) is 4.79 Å². The van der Waals surface area contributed by atoms with Gasteiger partial charge in [-0.3, -0.25) is 10.00 Å². The Morgan fingerprint density at radius 2 is 1.89 bits per heavy atom. The molecule has 1 aromatic heterocycles. The van der Waals surface area contributed by atoms with E-state index in [1.165, 1.54) is 36.8 Å². The molecule has 3 aliphatic rings. The molecule has 2 aromatic rings. The van der Waals surface area contributed by atoms with Crippen molar-refractivity contribution in [3.63, 3.8) is 0 Å². The number of rotatable bonds is 4. The molecule has 0 spiro atoms. The van der Waals surface area contributed by atoms with Crippen LogP contribution in [0.15, 0.2) is 30.3 Å². The molecule has 0 unspecified atom stereocenters. The van der Waals surface area contributed by atoms with Gasteiger partial charge in [-0.05, 0) is 49.3 Å². The van der Waals surface area contributed by atoms with Crippen molar-refractivity contribution in [2.45, 2.75) is 50.6 Å². The molecule has 2 amide bonds. The standard InChI is InChI=1S/C22H29N5O/c28-22(23-15-19-14-21(25-24-19)17-5-6-17)27-11-9-26(10-12-27)20-8-7-16-3-1-2-4-18(16)13-20/h1-4,14,17,20H,5-13,15H2,(H,23,28)(H,24,25)/t20-/m1/s1. The fourth-order valence-corrected chi connectivity index (χ4v) is 4.62. The van der Waals surface area contributed by atoms with Gasteiger partial charge in [0.2, 0.25) is 0 Å². The number of carbonyl (C=O) groups is 1. The summed E-state index contributed by atoms with van der Waals surface area (Å²) in [6, 6.07) is 11.6. The summed E-state index contributed by atoms with van der Waals surface area (Å²) in [4.78, 5) is 17.1. The zero-order valence-electron chi connectivity index (χ0n) is 16.4. The average Bonchev–Trinajstić information content (AvgIpc) is 3.50. The summed E-state index contributed by atoms with van der Waals surface area (Å²) in [5.74, 6) is 0.639. The number of H-pyrrole nitrogens is 1. The molecule has 6 heteroatoms. The van der Waals surface area contributed by atoms with Crippen LogP contribution in [0.3, 0.4) is 0 Å². The summed E-state index contributed by atoms with van der Waals surface area (Å²) in [5.41, 5.74) is 5.16. The highest BCUT2D eigenvalue weighted by Crippen LogP contribution is 2.38. The smallest absolute Gasteiger partial charge is 0.317 e. The molecule has 1 saturated carbocycles. The van der Waals surface area contributed by atoms with Crippen molar-refractivity contribution in [3.05, 3.63) is 52.8 Å². The Hall–Kier alpha value is -2.34. The van der Waals surface area contributed by atoms with Crippen LogP contribution in [0.25, 0.3) is 0 Å². The largest absolute Gasteiger partial charge is 0.332 e. The van der Waals surface area contributed by atoms with Gasteiger partial charge in [0.15, 0.2) is 0 Å². The van der Waals surface area contributed by atoms with E-state index >= 15 is 0 Å². The summed E-state index contributed by atoms with van der Waals surface area (Å²) in [7, 11) is 0. The van der Waals surface area contributed by atoms with Gasteiger partial charge in [-0.1, -0.05) is 24.3 Å². The number of aryl methyl sites for hydroxylation is 1. The van der Waals surface area contributed by atoms with E-state index in [2.05, 4.69) is 50.7 Å². The molecule has 1 aliphatic heterocycles. The molecule has 2 aliphatic carbocycles. The number of hydrogen-bond donors (Lipinski definition) is 2. The number of benzene rings is 1. The summed E-state index contributed by atoms with van der Waals surface area (Å²) >= 11 is 0. The molecule has 0 bridgehead atoms. The lowest BCUT2D eigenvalue weighted by Gasteiger charge is -2.41. The Bertz CT molecular complexity index is 835. The monoisotopic (exact) mass is 379 g/mol. The number of nitrogens with zero attached hydrogens (tertiary/aromatic N) is 3. The number of nitrogens with one attached hydrogen (secondary N) is 2. The quantitative estimate of drug-likeness (QED) is 0.858. The maximum atomic E-state index is 12.5. The molecular formula is C22H29N5O. The van der Waals surface area contributed by atoms with Crippen molar-refractivity contribution in [2.24, 2.45) is 0 Å². The summed E-state index contributed by atoms with van der Waals surface area (Å²) in [6.07, 6.45) is 6.04. The molecule has 1 atom stereocenters. The van der Waals surface area contributed by atoms with E-state index in [4.69, 9.17) is 0 Å². The molecule has 28 heavy (non-hydrogen) atoms. The van der Waals surface area contributed by atoms with Crippen molar-refractivity contribution in [1.29, 1.82) is 0 Å². The lowest BCUT2D eigenvalue weighted by molar-refractivity contribution is 0.101. The summed E-state index contributed by atoms with van der Waals surface area (Å²) in [6.45, 7) is 4.07. The fourth-order valence-electron chi connectivity index (χ4n) is 4.62. The lowest BCUT2D eigenvalue weighted by Crippen LogP contribution is -2.55. The molecule has 6 nitrogen and oxygen atoms in total. The Morgan fingerprint density at radius 1 is 1.11 bits per heavy atom. The highest BCUT2D eigenvalue weighted by Gasteiger charge is 2.29. The second-order valence-corrected chi connectivity index (χ2v) is 8.44. The molecule has 1 aromatic carbocycles. The minimum absolute atomic E-state index is 0.0382. The summed E-state index contributed by atoms with van der Waals surface area (Å²) < 4.78 is 0. The second kappa shape index (κ2) is 7.59. The predicted molar refractivity (Wildman–Crippen MR) is 108 cm³/mol. The maximum Gasteiger partial charge on any atom is 0.317 e. The third-order valence-corrected chi connectivity index (χ3v) is 6.52. The highest BCUT2D eigenvalue weighted by atomic mass is 16.2. The number of aromatic nitrogens is 2. The van der Waals surface area contributed by atoms with E-state index < -0.39 is 0 Å². The zero-order chi connectivity index (χ0) is 18.9. The Labute approximate surface area is 166 Å². The normalized spacial score (nSPS) is 22.7. The maximum absolute atomic E-state index is 12.5. The van der Waals surface area contributed by atoms with Crippen molar-refractivity contribution in [2.75, 3.05) is 26.2 Å². The van der Waals surface area contributed by atoms with Crippen LogP contribution < -0.4 is 5.32 Å². The van der Waals surface area contributed by atoms with Crippen LogP contribution in [0.2, 0.25) is 0 Å². The molecule has 1 saturated heterocycles. The van der Waals surface area contributed by atoms with Crippen molar-refractivity contribution >= 4 is 6.03 Å². The van der Waals surface area contributed by atoms with Crippen LogP contribution in [0.1, 0.15) is 47.7 Å². The number of carbonyl (C=O) groups excluding carboxylic acids is 1. The first-order valence-corrected chi connectivity index (χ1v) is 10.6. The van der Waals surface area contributed by atoms with E-state index in [9.17, 15) is 4.79 Å². The van der Waals surface area contributed by atoms with E-state index in [0.717, 1.165) is 44.0 Å². The van der Waals surface area contributed by atoms with Crippen molar-refractivity contribution in [3.8, 4) is 0 Å². The average molecular weight is 380 g/mol. The minimum atomic E-state index is 0.0382. The number of piperazine rings is 1. The minimum Gasteiger partial charge on any atom is -0.332 e. The third kappa shape index (κ3) is 3.78. The predicted octanol–water partition coefficient (Wildman–Crippen LogP) is 2.67. The second-order valence-electron chi connectivity index (χ2n) is 8.44. The SMILES string of the molecule is O=C(NCc1cc(C2CC2)n[nH]1)N1CCN([C@@H]2CCc3ccccc3C2)CC1. The van der Waals surface area contributed by atoms with E-state index in [1.54, 1.807) is 0 Å². The van der Waals surface area contributed by atoms with Crippen LogP contribution in [0, 0.1) is 0 Å². The molecule has 2 heterocycles. The summed E-state index contributed by atoms with van der Waals surface area (Å²) in [5, 5.41) is 10.4. The highest BCUT2D eigenvalue weighted by molar-refractivity contribution is 5.74. The number of fused-ring (bicyclic) bond motifs is 1. The van der Waals surface area contributed by atoms with Crippen LogP contribution in [0.5, 0.6) is 0 Å². The van der Waals surface area contributed by atoms with E-state index in [-0.39, 0.29) is 6.03 Å². The van der Waals surface area contributed by atoms with E-state index in [1.807, 2.05) is 4.90 Å². The number of aromatic amines is 1. The first-order chi connectivity index (χ1) is 13.8. The van der Waals surface area contributed by atoms with Gasteiger partial charge in [-0.2, -0.15) is 5.10 Å². The number of urea groups is 1. The molecule has 2 fully saturated rings. The van der Waals surface area contributed by atoms with Crippen molar-refractivity contribution in [1.82, 2.24) is 25.3 Å². The van der Waals surface area contributed by atoms with Crippen LogP contribution in [-0.2, 0) is 19.4 Å². The van der Waals surface area contributed by atoms with Gasteiger partial charge in [-0.25, -0.2) is 4.79 Å². The van der Waals surface area contributed by atoms with Crippen LogP contribution >= 0.6 is 0 Å². The number of hydrogen-bond acceptors (Lipinski definition) is 3. The van der Waals surface area contributed by atoms with Crippen molar-refractivity contribution < 1.29 is 4.79 Å². The van der Waals surface area contributed by atoms with Gasteiger partial charge in [-0.15, -0.1) is 0 Å².